The first-order valence-electron chi connectivity index (χ1n) is 8.14. The third-order valence-electron chi connectivity index (χ3n) is 4.61. The van der Waals surface area contributed by atoms with Crippen molar-refractivity contribution in [3.05, 3.63) is 62.7 Å². The van der Waals surface area contributed by atoms with Gasteiger partial charge in [-0.15, -0.1) is 0 Å². The highest BCUT2D eigenvalue weighted by molar-refractivity contribution is 6.31. The molecule has 2 aromatic heterocycles. The fourth-order valence-corrected chi connectivity index (χ4v) is 3.52. The second-order valence-corrected chi connectivity index (χ2v) is 6.81. The number of benzene rings is 1. The normalized spacial score (nSPS) is 14.5. The van der Waals surface area contributed by atoms with E-state index in [1.807, 2.05) is 6.92 Å². The van der Waals surface area contributed by atoms with Gasteiger partial charge in [0.25, 0.3) is 5.56 Å². The van der Waals surface area contributed by atoms with Gasteiger partial charge in [0.15, 0.2) is 5.52 Å². The van der Waals surface area contributed by atoms with Crippen LogP contribution in [-0.4, -0.2) is 19.5 Å². The summed E-state index contributed by atoms with van der Waals surface area (Å²) in [6.45, 7) is 3.71. The van der Waals surface area contributed by atoms with Gasteiger partial charge in [-0.25, -0.2) is 0 Å². The molecule has 0 aliphatic carbocycles. The predicted molar refractivity (Wildman–Crippen MR) is 95.8 cm³/mol. The molecule has 0 unspecified atom stereocenters. The molecule has 144 valence electrons. The summed E-state index contributed by atoms with van der Waals surface area (Å²) in [7, 11) is 1.56. The van der Waals surface area contributed by atoms with Crippen molar-refractivity contribution in [3.8, 4) is 0 Å². The second kappa shape index (κ2) is 6.38. The summed E-state index contributed by atoms with van der Waals surface area (Å²) < 4.78 is 41.7. The zero-order valence-electron chi connectivity index (χ0n) is 14.8. The summed E-state index contributed by atoms with van der Waals surface area (Å²) in [6.07, 6.45) is -3.00. The second-order valence-electron chi connectivity index (χ2n) is 6.41. The van der Waals surface area contributed by atoms with Gasteiger partial charge in [-0.1, -0.05) is 17.7 Å². The molecule has 2 heterocycles. The van der Waals surface area contributed by atoms with Crippen LogP contribution in [0.4, 0.5) is 13.2 Å². The van der Waals surface area contributed by atoms with Crippen LogP contribution in [-0.2, 0) is 25.4 Å². The average molecular weight is 400 g/mol. The van der Waals surface area contributed by atoms with Crippen molar-refractivity contribution in [2.24, 2.45) is 7.05 Å². The molecule has 0 aliphatic heterocycles. The third kappa shape index (κ3) is 3.12. The summed E-state index contributed by atoms with van der Waals surface area (Å²) in [5, 5.41) is 15.3. The number of aromatic nitrogens is 3. The van der Waals surface area contributed by atoms with Crippen molar-refractivity contribution in [2.45, 2.75) is 32.2 Å². The highest BCUT2D eigenvalue weighted by Crippen LogP contribution is 2.39. The molecule has 0 spiro atoms. The Morgan fingerprint density at radius 1 is 1.26 bits per heavy atom. The van der Waals surface area contributed by atoms with Crippen molar-refractivity contribution in [1.82, 2.24) is 14.3 Å². The molecule has 9 heteroatoms. The minimum Gasteiger partial charge on any atom is -0.379 e. The van der Waals surface area contributed by atoms with Crippen LogP contribution in [0, 0.1) is 0 Å². The first-order chi connectivity index (χ1) is 12.5. The third-order valence-corrected chi connectivity index (χ3v) is 4.92. The predicted octanol–water partition coefficient (Wildman–Crippen LogP) is 3.68. The molecular formula is C18H17ClF3N3O2. The minimum atomic E-state index is -4.59. The molecule has 1 aromatic carbocycles. The van der Waals surface area contributed by atoms with E-state index in [2.05, 4.69) is 5.10 Å². The van der Waals surface area contributed by atoms with Crippen LogP contribution in [0.3, 0.4) is 0 Å². The maximum atomic E-state index is 12.9. The van der Waals surface area contributed by atoms with Gasteiger partial charge in [0.1, 0.15) is 5.60 Å². The molecule has 3 aromatic rings. The monoisotopic (exact) mass is 399 g/mol. The lowest BCUT2D eigenvalue weighted by atomic mass is 9.90. The van der Waals surface area contributed by atoms with Crippen LogP contribution >= 0.6 is 11.6 Å². The highest BCUT2D eigenvalue weighted by atomic mass is 35.5. The largest absolute Gasteiger partial charge is 0.417 e. The van der Waals surface area contributed by atoms with Gasteiger partial charge in [0.2, 0.25) is 0 Å². The van der Waals surface area contributed by atoms with Crippen molar-refractivity contribution >= 4 is 22.5 Å². The van der Waals surface area contributed by atoms with E-state index in [0.717, 1.165) is 12.1 Å². The van der Waals surface area contributed by atoms with E-state index in [1.165, 1.54) is 22.2 Å². The smallest absolute Gasteiger partial charge is 0.379 e. The minimum absolute atomic E-state index is 0.157. The molecule has 0 amide bonds. The van der Waals surface area contributed by atoms with E-state index in [-0.39, 0.29) is 22.3 Å². The first kappa shape index (κ1) is 19.4. The zero-order chi connectivity index (χ0) is 20.1. The van der Waals surface area contributed by atoms with Crippen LogP contribution in [0.1, 0.15) is 30.7 Å². The van der Waals surface area contributed by atoms with Gasteiger partial charge in [-0.3, -0.25) is 9.48 Å². The fourth-order valence-electron chi connectivity index (χ4n) is 3.24. The van der Waals surface area contributed by atoms with Crippen molar-refractivity contribution in [1.29, 1.82) is 0 Å². The Balaban J connectivity index is 2.21. The Morgan fingerprint density at radius 3 is 2.48 bits per heavy atom. The highest BCUT2D eigenvalue weighted by Gasteiger charge is 2.36. The molecule has 0 aliphatic rings. The van der Waals surface area contributed by atoms with Crippen LogP contribution in [0.25, 0.3) is 10.9 Å². The van der Waals surface area contributed by atoms with Crippen LogP contribution in [0.15, 0.2) is 35.3 Å². The first-order valence-corrected chi connectivity index (χ1v) is 8.52. The maximum Gasteiger partial charge on any atom is 0.417 e. The summed E-state index contributed by atoms with van der Waals surface area (Å²) in [5.74, 6) is 0. The topological polar surface area (TPSA) is 60.1 Å². The SMILES string of the molecule is CCn1ccc2c([C@@](C)(O)c3ccc(C(F)(F)F)c(Cl)c3)n(C)nc2c1=O. The van der Waals surface area contributed by atoms with Gasteiger partial charge >= 0.3 is 6.18 Å². The molecule has 3 rings (SSSR count). The molecule has 5 nitrogen and oxygen atoms in total. The van der Waals surface area contributed by atoms with E-state index in [9.17, 15) is 23.1 Å². The fraction of sp³-hybridized carbons (Fsp3) is 0.333. The number of aliphatic hydroxyl groups is 1. The Morgan fingerprint density at radius 2 is 1.93 bits per heavy atom. The van der Waals surface area contributed by atoms with Gasteiger partial charge < -0.3 is 9.67 Å². The molecule has 0 saturated carbocycles. The molecule has 0 radical (unpaired) electrons. The Bertz CT molecular complexity index is 1080. The maximum absolute atomic E-state index is 12.9. The number of aryl methyl sites for hydroxylation is 2. The quantitative estimate of drug-likeness (QED) is 0.730. The van der Waals surface area contributed by atoms with E-state index in [1.54, 1.807) is 19.3 Å². The number of alkyl halides is 3. The van der Waals surface area contributed by atoms with Gasteiger partial charge in [0, 0.05) is 25.2 Å². The summed E-state index contributed by atoms with van der Waals surface area (Å²) in [4.78, 5) is 12.5. The number of fused-ring (bicyclic) bond motifs is 1. The van der Waals surface area contributed by atoms with Crippen molar-refractivity contribution in [2.75, 3.05) is 0 Å². The molecule has 27 heavy (non-hydrogen) atoms. The molecular weight excluding hydrogens is 383 g/mol. The molecule has 0 saturated heterocycles. The van der Waals surface area contributed by atoms with Crippen LogP contribution < -0.4 is 5.56 Å². The average Bonchev–Trinajstić information content (AvgIpc) is 2.91. The zero-order valence-corrected chi connectivity index (χ0v) is 15.6. The van der Waals surface area contributed by atoms with Gasteiger partial charge in [-0.05, 0) is 37.6 Å². The van der Waals surface area contributed by atoms with Crippen LogP contribution in [0.2, 0.25) is 5.02 Å². The molecule has 0 fully saturated rings. The number of hydrogen-bond donors (Lipinski definition) is 1. The number of hydrogen-bond acceptors (Lipinski definition) is 3. The Hall–Kier alpha value is -2.32. The van der Waals surface area contributed by atoms with Gasteiger partial charge in [-0.2, -0.15) is 18.3 Å². The lowest BCUT2D eigenvalue weighted by Gasteiger charge is -2.25. The Labute approximate surface area is 157 Å². The lowest BCUT2D eigenvalue weighted by Crippen LogP contribution is -2.27. The van der Waals surface area contributed by atoms with E-state index < -0.39 is 22.4 Å². The Kier molecular flexibility index (Phi) is 4.60. The number of pyridine rings is 1. The summed E-state index contributed by atoms with van der Waals surface area (Å²) in [5.41, 5.74) is -2.39. The standard InChI is InChI=1S/C18H17ClF3N3O2/c1-4-25-8-7-11-14(16(25)26)23-24(3)15(11)17(2,27)10-5-6-12(13(19)9-10)18(20,21)22/h5-9,27H,4H2,1-3H3/t17-/m0/s1. The summed E-state index contributed by atoms with van der Waals surface area (Å²) >= 11 is 5.80. The molecule has 1 atom stereocenters. The van der Waals surface area contributed by atoms with E-state index in [4.69, 9.17) is 11.6 Å². The van der Waals surface area contributed by atoms with Crippen LogP contribution in [0.5, 0.6) is 0 Å². The summed E-state index contributed by atoms with van der Waals surface area (Å²) in [6, 6.07) is 4.73. The van der Waals surface area contributed by atoms with E-state index in [0.29, 0.717) is 11.9 Å². The number of nitrogens with zero attached hydrogens (tertiary/aromatic N) is 3. The number of halogens is 4. The molecule has 0 bridgehead atoms. The van der Waals surface area contributed by atoms with Crippen molar-refractivity contribution in [3.63, 3.8) is 0 Å². The lowest BCUT2D eigenvalue weighted by molar-refractivity contribution is -0.137. The van der Waals surface area contributed by atoms with Crippen molar-refractivity contribution < 1.29 is 18.3 Å². The van der Waals surface area contributed by atoms with E-state index >= 15 is 0 Å². The van der Waals surface area contributed by atoms with Gasteiger partial charge in [0.05, 0.1) is 16.3 Å². The molecule has 1 N–H and O–H groups in total. The number of rotatable bonds is 3.